The fraction of sp³-hybridized carbons (Fsp3) is 0.231. The largest absolute Gasteiger partial charge is 0.430 e. The van der Waals surface area contributed by atoms with Gasteiger partial charge in [-0.15, -0.1) is 0 Å². The standard InChI is InChI=1S/C13H14N4O2S/c1-17-10(4-6-15-17)5-7-20(18)13-16-11-8-9(14)2-3-12(11)19-13/h2-4,6,8H,5,7,14H2,1H3. The van der Waals surface area contributed by atoms with E-state index in [0.29, 0.717) is 29.0 Å². The van der Waals surface area contributed by atoms with Crippen molar-refractivity contribution < 1.29 is 8.63 Å². The van der Waals surface area contributed by atoms with Crippen LogP contribution in [0.2, 0.25) is 0 Å². The van der Waals surface area contributed by atoms with E-state index >= 15 is 0 Å². The Morgan fingerprint density at radius 1 is 1.40 bits per heavy atom. The van der Waals surface area contributed by atoms with Crippen LogP contribution in [-0.2, 0) is 24.3 Å². The first-order chi connectivity index (χ1) is 9.63. The Labute approximate surface area is 118 Å². The fourth-order valence-corrected chi connectivity index (χ4v) is 2.90. The molecule has 0 radical (unpaired) electrons. The summed E-state index contributed by atoms with van der Waals surface area (Å²) in [6.07, 6.45) is 2.38. The van der Waals surface area contributed by atoms with Gasteiger partial charge in [-0.1, -0.05) is 0 Å². The van der Waals surface area contributed by atoms with Gasteiger partial charge in [0.1, 0.15) is 16.3 Å². The number of nitrogens with zero attached hydrogens (tertiary/aromatic N) is 3. The van der Waals surface area contributed by atoms with E-state index in [-0.39, 0.29) is 5.22 Å². The highest BCUT2D eigenvalue weighted by Crippen LogP contribution is 2.20. The molecule has 0 spiro atoms. The number of fused-ring (bicyclic) bond motifs is 1. The van der Waals surface area contributed by atoms with Crippen molar-refractivity contribution in [2.45, 2.75) is 11.6 Å². The minimum atomic E-state index is -1.28. The molecule has 0 aliphatic heterocycles. The third-order valence-electron chi connectivity index (χ3n) is 3.05. The zero-order chi connectivity index (χ0) is 14.1. The lowest BCUT2D eigenvalue weighted by Crippen LogP contribution is -2.06. The van der Waals surface area contributed by atoms with E-state index in [1.54, 1.807) is 29.1 Å². The quantitative estimate of drug-likeness (QED) is 0.736. The Balaban J connectivity index is 1.77. The molecule has 0 fully saturated rings. The predicted octanol–water partition coefficient (Wildman–Crippen LogP) is 1.49. The Morgan fingerprint density at radius 2 is 2.25 bits per heavy atom. The molecule has 1 unspecified atom stereocenters. The molecule has 0 aliphatic carbocycles. The average molecular weight is 290 g/mol. The zero-order valence-electron chi connectivity index (χ0n) is 10.9. The van der Waals surface area contributed by atoms with Gasteiger partial charge in [0.05, 0.1) is 0 Å². The van der Waals surface area contributed by atoms with Gasteiger partial charge in [-0.3, -0.25) is 4.68 Å². The van der Waals surface area contributed by atoms with Gasteiger partial charge in [0, 0.05) is 36.8 Å². The number of oxazole rings is 1. The molecular weight excluding hydrogens is 276 g/mol. The fourth-order valence-electron chi connectivity index (χ4n) is 1.95. The van der Waals surface area contributed by atoms with Gasteiger partial charge in [-0.25, -0.2) is 9.19 Å². The summed E-state index contributed by atoms with van der Waals surface area (Å²) in [6, 6.07) is 7.08. The van der Waals surface area contributed by atoms with Gasteiger partial charge < -0.3 is 10.2 Å². The molecule has 0 bridgehead atoms. The summed E-state index contributed by atoms with van der Waals surface area (Å²) in [7, 11) is 0.586. The van der Waals surface area contributed by atoms with Crippen molar-refractivity contribution in [2.24, 2.45) is 7.05 Å². The molecule has 3 aromatic rings. The maximum Gasteiger partial charge on any atom is 0.287 e. The predicted molar refractivity (Wildman–Crippen MR) is 76.6 cm³/mol. The minimum absolute atomic E-state index is 0.243. The van der Waals surface area contributed by atoms with Gasteiger partial charge >= 0.3 is 0 Å². The van der Waals surface area contributed by atoms with Gasteiger partial charge in [0.25, 0.3) is 5.22 Å². The topological polar surface area (TPSA) is 86.9 Å². The Kier molecular flexibility index (Phi) is 3.27. The number of aryl methyl sites for hydroxylation is 2. The summed E-state index contributed by atoms with van der Waals surface area (Å²) in [5.74, 6) is 0.446. The van der Waals surface area contributed by atoms with Crippen LogP contribution < -0.4 is 5.73 Å². The molecule has 0 aliphatic rings. The summed E-state index contributed by atoms with van der Waals surface area (Å²) in [4.78, 5) is 4.23. The molecule has 3 rings (SSSR count). The number of hydrogen-bond donors (Lipinski definition) is 1. The van der Waals surface area contributed by atoms with E-state index < -0.39 is 10.8 Å². The smallest absolute Gasteiger partial charge is 0.287 e. The second kappa shape index (κ2) is 5.09. The van der Waals surface area contributed by atoms with E-state index in [1.165, 1.54) is 0 Å². The Morgan fingerprint density at radius 3 is 3.00 bits per heavy atom. The lowest BCUT2D eigenvalue weighted by atomic mass is 10.3. The molecule has 2 N–H and O–H groups in total. The van der Waals surface area contributed by atoms with Gasteiger partial charge in [-0.05, 0) is 24.3 Å². The van der Waals surface area contributed by atoms with Crippen molar-refractivity contribution in [3.05, 3.63) is 36.2 Å². The van der Waals surface area contributed by atoms with Crippen LogP contribution >= 0.6 is 0 Å². The van der Waals surface area contributed by atoms with Crippen LogP contribution in [0.15, 0.2) is 40.1 Å². The number of hydrogen-bond acceptors (Lipinski definition) is 5. The van der Waals surface area contributed by atoms with Crippen LogP contribution in [0, 0.1) is 0 Å². The number of benzene rings is 1. The average Bonchev–Trinajstić information content (AvgIpc) is 3.01. The normalized spacial score (nSPS) is 12.8. The monoisotopic (exact) mass is 290 g/mol. The number of rotatable bonds is 4. The Hall–Kier alpha value is -2.15. The zero-order valence-corrected chi connectivity index (χ0v) is 11.8. The van der Waals surface area contributed by atoms with Crippen molar-refractivity contribution >= 4 is 27.6 Å². The summed E-state index contributed by atoms with van der Waals surface area (Å²) >= 11 is 0. The second-order valence-electron chi connectivity index (χ2n) is 4.45. The van der Waals surface area contributed by atoms with Crippen LogP contribution in [0.25, 0.3) is 11.1 Å². The summed E-state index contributed by atoms with van der Waals surface area (Å²) < 4.78 is 19.5. The first-order valence-electron chi connectivity index (χ1n) is 6.15. The highest BCUT2D eigenvalue weighted by molar-refractivity contribution is 7.84. The van der Waals surface area contributed by atoms with Gasteiger partial charge in [0.15, 0.2) is 5.58 Å². The molecule has 7 heteroatoms. The first kappa shape index (κ1) is 12.9. The third kappa shape index (κ3) is 2.44. The highest BCUT2D eigenvalue weighted by Gasteiger charge is 2.13. The van der Waals surface area contributed by atoms with Crippen LogP contribution in [0.5, 0.6) is 0 Å². The lowest BCUT2D eigenvalue weighted by Gasteiger charge is -1.99. The van der Waals surface area contributed by atoms with Crippen molar-refractivity contribution in [1.29, 1.82) is 0 Å². The molecule has 2 heterocycles. The molecule has 20 heavy (non-hydrogen) atoms. The SMILES string of the molecule is Cn1nccc1CCS(=O)c1nc2cc(N)ccc2o1. The maximum atomic E-state index is 12.2. The molecule has 0 saturated carbocycles. The number of nitrogens with two attached hydrogens (primary N) is 1. The molecular formula is C13H14N4O2S. The van der Waals surface area contributed by atoms with Crippen LogP contribution in [0.1, 0.15) is 5.69 Å². The summed E-state index contributed by atoms with van der Waals surface area (Å²) in [5.41, 5.74) is 8.55. The molecule has 1 atom stereocenters. The number of aromatic nitrogens is 3. The molecule has 1 aromatic carbocycles. The third-order valence-corrected chi connectivity index (χ3v) is 4.19. The van der Waals surface area contributed by atoms with E-state index in [2.05, 4.69) is 10.1 Å². The second-order valence-corrected chi connectivity index (χ2v) is 5.90. The van der Waals surface area contributed by atoms with Crippen molar-refractivity contribution in [3.63, 3.8) is 0 Å². The van der Waals surface area contributed by atoms with E-state index in [4.69, 9.17) is 10.2 Å². The van der Waals surface area contributed by atoms with Crippen molar-refractivity contribution in [2.75, 3.05) is 11.5 Å². The van der Waals surface area contributed by atoms with Crippen LogP contribution in [0.3, 0.4) is 0 Å². The van der Waals surface area contributed by atoms with Crippen LogP contribution in [0.4, 0.5) is 5.69 Å². The molecule has 0 amide bonds. The number of nitrogen functional groups attached to an aromatic ring is 1. The Bertz CT molecular complexity index is 778. The van der Waals surface area contributed by atoms with Gasteiger partial charge in [0.2, 0.25) is 0 Å². The summed E-state index contributed by atoms with van der Waals surface area (Å²) in [6.45, 7) is 0. The first-order valence-corrected chi connectivity index (χ1v) is 7.47. The number of anilines is 1. The van der Waals surface area contributed by atoms with E-state index in [1.807, 2.05) is 13.1 Å². The lowest BCUT2D eigenvalue weighted by molar-refractivity contribution is 0.477. The highest BCUT2D eigenvalue weighted by atomic mass is 32.2. The molecule has 0 saturated heterocycles. The van der Waals surface area contributed by atoms with Crippen molar-refractivity contribution in [3.8, 4) is 0 Å². The molecule has 104 valence electrons. The maximum absolute atomic E-state index is 12.2. The molecule has 2 aromatic heterocycles. The van der Waals surface area contributed by atoms with Crippen molar-refractivity contribution in [1.82, 2.24) is 14.8 Å². The van der Waals surface area contributed by atoms with E-state index in [9.17, 15) is 4.21 Å². The van der Waals surface area contributed by atoms with E-state index in [0.717, 1.165) is 5.69 Å². The van der Waals surface area contributed by atoms with Crippen LogP contribution in [-0.4, -0.2) is 24.7 Å². The minimum Gasteiger partial charge on any atom is -0.430 e. The molecule has 6 nitrogen and oxygen atoms in total. The summed E-state index contributed by atoms with van der Waals surface area (Å²) in [5, 5.41) is 4.32. The van der Waals surface area contributed by atoms with Gasteiger partial charge in [-0.2, -0.15) is 5.10 Å².